The van der Waals surface area contributed by atoms with Gasteiger partial charge in [0.2, 0.25) is 5.91 Å². The second-order valence-corrected chi connectivity index (χ2v) is 29.2. The average molecular weight is 1290 g/mol. The molecule has 3 N–H and O–H groups in total. The molecule has 0 aromatic heterocycles. The number of ether oxygens (including phenoxy) is 1. The van der Waals surface area contributed by atoms with E-state index < -0.39 is 12.1 Å². The van der Waals surface area contributed by atoms with E-state index in [4.69, 9.17) is 4.74 Å². The van der Waals surface area contributed by atoms with Crippen molar-refractivity contribution in [2.75, 3.05) is 13.2 Å². The highest BCUT2D eigenvalue weighted by molar-refractivity contribution is 5.76. The van der Waals surface area contributed by atoms with Crippen LogP contribution in [0.3, 0.4) is 0 Å². The molecule has 1 amide bonds. The molecule has 6 nitrogen and oxygen atoms in total. The Morgan fingerprint density at radius 3 is 0.837 bits per heavy atom. The minimum Gasteiger partial charge on any atom is -0.466 e. The number of unbranched alkanes of at least 4 members (excludes halogenated alkanes) is 65. The summed E-state index contributed by atoms with van der Waals surface area (Å²) in [5.74, 6) is -0.0476. The molecular weight excluding hydrogens is 1130 g/mol. The van der Waals surface area contributed by atoms with Crippen LogP contribution in [-0.4, -0.2) is 47.4 Å². The molecule has 0 aliphatic rings. The van der Waals surface area contributed by atoms with Crippen LogP contribution in [-0.2, 0) is 14.3 Å². The number of hydrogen-bond donors (Lipinski definition) is 3. The van der Waals surface area contributed by atoms with Crippen molar-refractivity contribution in [2.45, 2.75) is 488 Å². The van der Waals surface area contributed by atoms with Gasteiger partial charge in [0.05, 0.1) is 25.4 Å². The van der Waals surface area contributed by atoms with Crippen LogP contribution in [0.25, 0.3) is 0 Å². The summed E-state index contributed by atoms with van der Waals surface area (Å²) in [6.07, 6.45) is 107. The Labute approximate surface area is 576 Å². The van der Waals surface area contributed by atoms with Crippen molar-refractivity contribution < 1.29 is 24.5 Å². The topological polar surface area (TPSA) is 95.9 Å². The van der Waals surface area contributed by atoms with Gasteiger partial charge in [-0.3, -0.25) is 9.59 Å². The van der Waals surface area contributed by atoms with Gasteiger partial charge in [-0.05, 0) is 64.2 Å². The maximum atomic E-state index is 12.6. The van der Waals surface area contributed by atoms with Gasteiger partial charge in [-0.15, -0.1) is 0 Å². The van der Waals surface area contributed by atoms with Gasteiger partial charge < -0.3 is 20.3 Å². The van der Waals surface area contributed by atoms with Crippen LogP contribution in [0.1, 0.15) is 476 Å². The van der Waals surface area contributed by atoms with Gasteiger partial charge in [0, 0.05) is 12.8 Å². The van der Waals surface area contributed by atoms with Gasteiger partial charge in [0.1, 0.15) is 0 Å². The van der Waals surface area contributed by atoms with E-state index in [0.717, 1.165) is 51.4 Å². The fraction of sp³-hybridized carbons (Fsp3) is 0.907. The maximum Gasteiger partial charge on any atom is 0.305 e. The number of rotatable bonds is 80. The zero-order valence-electron chi connectivity index (χ0n) is 62.6. The summed E-state index contributed by atoms with van der Waals surface area (Å²) >= 11 is 0. The number of carbonyl (C=O) groups is 2. The van der Waals surface area contributed by atoms with E-state index in [1.165, 1.54) is 398 Å². The lowest BCUT2D eigenvalue weighted by molar-refractivity contribution is -0.143. The molecule has 0 rings (SSSR count). The van der Waals surface area contributed by atoms with Crippen molar-refractivity contribution in [3.05, 3.63) is 36.5 Å². The first kappa shape index (κ1) is 90.1. The molecule has 6 heteroatoms. The van der Waals surface area contributed by atoms with E-state index in [0.29, 0.717) is 19.4 Å². The standard InChI is InChI=1S/C86H165NO5/c1-3-5-7-9-11-13-15-17-19-21-22-23-24-38-41-44-47-50-54-58-62-66-70-74-78-84(89)83(82-88)87-85(90)79-75-71-67-63-59-55-51-48-45-42-39-36-34-32-30-28-26-25-27-29-31-33-35-37-40-43-46-49-53-57-61-65-69-73-77-81-92-86(91)80-76-72-68-64-60-56-52-20-18-16-14-12-10-8-6-4-2/h14,16,20,52,74,78,83-84,88-89H,3-13,15,17-19,21-51,53-73,75-77,79-82H2,1-2H3,(H,87,90)/b16-14-,52-20-,78-74+. The van der Waals surface area contributed by atoms with Crippen LogP contribution < -0.4 is 5.32 Å². The van der Waals surface area contributed by atoms with Crippen LogP contribution in [0, 0.1) is 0 Å². The summed E-state index contributed by atoms with van der Waals surface area (Å²) in [4.78, 5) is 24.7. The van der Waals surface area contributed by atoms with E-state index in [-0.39, 0.29) is 18.5 Å². The van der Waals surface area contributed by atoms with Gasteiger partial charge in [0.15, 0.2) is 0 Å². The van der Waals surface area contributed by atoms with Gasteiger partial charge in [-0.1, -0.05) is 436 Å². The molecule has 92 heavy (non-hydrogen) atoms. The predicted molar refractivity (Wildman–Crippen MR) is 407 cm³/mol. The first-order valence-electron chi connectivity index (χ1n) is 42.3. The number of allylic oxidation sites excluding steroid dienone is 5. The molecule has 2 unspecified atom stereocenters. The first-order chi connectivity index (χ1) is 45.5. The van der Waals surface area contributed by atoms with Crippen molar-refractivity contribution in [1.82, 2.24) is 5.32 Å². The Morgan fingerprint density at radius 1 is 0.304 bits per heavy atom. The molecular formula is C86H165NO5. The molecule has 0 fully saturated rings. The SMILES string of the molecule is CCCCCC/C=C\C/C=C\CCCCCCCC(=O)OCCCCCCCCCCCCCCCCCCCCCCCCCCCCCCCCCCCCCC(=O)NC(CO)C(O)/C=C/CCCCCCCCCCCCCCCCCCCCCCCC. The van der Waals surface area contributed by atoms with Crippen LogP contribution in [0.4, 0.5) is 0 Å². The molecule has 0 spiro atoms. The number of aliphatic hydroxyl groups excluding tert-OH is 2. The number of amides is 1. The molecule has 0 bridgehead atoms. The fourth-order valence-electron chi connectivity index (χ4n) is 13.5. The van der Waals surface area contributed by atoms with Crippen molar-refractivity contribution >= 4 is 11.9 Å². The lowest BCUT2D eigenvalue weighted by Crippen LogP contribution is -2.45. The van der Waals surface area contributed by atoms with Gasteiger partial charge in [-0.2, -0.15) is 0 Å². The third-order valence-corrected chi connectivity index (χ3v) is 19.9. The fourth-order valence-corrected chi connectivity index (χ4v) is 13.5. The van der Waals surface area contributed by atoms with E-state index >= 15 is 0 Å². The molecule has 0 heterocycles. The van der Waals surface area contributed by atoms with Crippen LogP contribution in [0.2, 0.25) is 0 Å². The maximum absolute atomic E-state index is 12.6. The molecule has 0 saturated carbocycles. The van der Waals surface area contributed by atoms with E-state index in [1.54, 1.807) is 6.08 Å². The second kappa shape index (κ2) is 81.5. The quantitative estimate of drug-likeness (QED) is 0.0320. The molecule has 0 aromatic carbocycles. The third kappa shape index (κ3) is 77.1. The minimum absolute atomic E-state index is 0.00970. The number of carbonyl (C=O) groups excluding carboxylic acids is 2. The van der Waals surface area contributed by atoms with Crippen molar-refractivity contribution in [1.29, 1.82) is 0 Å². The lowest BCUT2D eigenvalue weighted by atomic mass is 10.0. The minimum atomic E-state index is -0.842. The van der Waals surface area contributed by atoms with Crippen molar-refractivity contribution in [2.24, 2.45) is 0 Å². The normalized spacial score (nSPS) is 12.6. The number of esters is 1. The predicted octanol–water partition coefficient (Wildman–Crippen LogP) is 28.2. The number of aliphatic hydroxyl groups is 2. The van der Waals surface area contributed by atoms with Crippen LogP contribution >= 0.6 is 0 Å². The number of nitrogens with one attached hydrogen (secondary N) is 1. The van der Waals surface area contributed by atoms with E-state index in [1.807, 2.05) is 6.08 Å². The smallest absolute Gasteiger partial charge is 0.305 e. The van der Waals surface area contributed by atoms with E-state index in [2.05, 4.69) is 43.5 Å². The summed E-state index contributed by atoms with van der Waals surface area (Å²) in [6.45, 7) is 4.94. The Balaban J connectivity index is 3.34. The molecule has 0 aliphatic carbocycles. The Bertz CT molecular complexity index is 1490. The summed E-state index contributed by atoms with van der Waals surface area (Å²) in [6, 6.07) is -0.625. The van der Waals surface area contributed by atoms with Gasteiger partial charge in [-0.25, -0.2) is 0 Å². The molecule has 2 atom stereocenters. The lowest BCUT2D eigenvalue weighted by Gasteiger charge is -2.20. The van der Waals surface area contributed by atoms with Gasteiger partial charge in [0.25, 0.3) is 0 Å². The monoisotopic (exact) mass is 1290 g/mol. The van der Waals surface area contributed by atoms with Crippen LogP contribution in [0.15, 0.2) is 36.5 Å². The first-order valence-corrected chi connectivity index (χ1v) is 42.3. The van der Waals surface area contributed by atoms with E-state index in [9.17, 15) is 19.8 Å². The second-order valence-electron chi connectivity index (χ2n) is 29.2. The van der Waals surface area contributed by atoms with Gasteiger partial charge >= 0.3 is 5.97 Å². The van der Waals surface area contributed by atoms with Crippen molar-refractivity contribution in [3.8, 4) is 0 Å². The molecule has 0 aromatic rings. The zero-order chi connectivity index (χ0) is 66.3. The average Bonchev–Trinajstić information content (AvgIpc) is 3.61. The highest BCUT2D eigenvalue weighted by Gasteiger charge is 2.18. The largest absolute Gasteiger partial charge is 0.466 e. The Hall–Kier alpha value is -1.92. The van der Waals surface area contributed by atoms with Crippen LogP contribution in [0.5, 0.6) is 0 Å². The summed E-state index contributed by atoms with van der Waals surface area (Å²) in [7, 11) is 0. The Kier molecular flexibility index (Phi) is 79.8. The molecule has 0 radical (unpaired) electrons. The molecule has 544 valence electrons. The molecule has 0 aliphatic heterocycles. The summed E-state index contributed by atoms with van der Waals surface area (Å²) in [5, 5.41) is 23.3. The molecule has 0 saturated heterocycles. The summed E-state index contributed by atoms with van der Waals surface area (Å²) < 4.78 is 5.50. The third-order valence-electron chi connectivity index (χ3n) is 19.9. The highest BCUT2D eigenvalue weighted by atomic mass is 16.5. The number of hydrogen-bond acceptors (Lipinski definition) is 5. The zero-order valence-corrected chi connectivity index (χ0v) is 62.6. The van der Waals surface area contributed by atoms with Crippen molar-refractivity contribution in [3.63, 3.8) is 0 Å². The highest BCUT2D eigenvalue weighted by Crippen LogP contribution is 2.20. The summed E-state index contributed by atoms with van der Waals surface area (Å²) in [5.41, 5.74) is 0. The Morgan fingerprint density at radius 2 is 0.543 bits per heavy atom.